The normalized spacial score (nSPS) is 14.3. The molecule has 1 fully saturated rings. The molecule has 2 aliphatic heterocycles. The van der Waals surface area contributed by atoms with Crippen LogP contribution < -0.4 is 10.2 Å². The van der Waals surface area contributed by atoms with Crippen LogP contribution >= 0.6 is 23.4 Å². The van der Waals surface area contributed by atoms with Gasteiger partial charge in [-0.25, -0.2) is 19.2 Å². The number of anilines is 2. The minimum atomic E-state index is -1.26. The smallest absolute Gasteiger partial charge is 0.328 e. The zero-order valence-corrected chi connectivity index (χ0v) is 23.0. The van der Waals surface area contributed by atoms with E-state index in [0.717, 1.165) is 50.7 Å². The highest BCUT2D eigenvalue weighted by atomic mass is 35.5. The molecule has 0 aliphatic carbocycles. The number of hydrogen-bond acceptors (Lipinski definition) is 8. The van der Waals surface area contributed by atoms with Crippen molar-refractivity contribution in [3.63, 3.8) is 0 Å². The van der Waals surface area contributed by atoms with Crippen LogP contribution in [0.25, 0.3) is 0 Å². The van der Waals surface area contributed by atoms with E-state index < -0.39 is 23.9 Å². The van der Waals surface area contributed by atoms with Crippen LogP contribution in [0.4, 0.5) is 11.4 Å². The number of nitrogens with one attached hydrogen (secondary N) is 1. The number of hydrogen-bond donors (Lipinski definition) is 5. The van der Waals surface area contributed by atoms with Gasteiger partial charge in [-0.1, -0.05) is 35.5 Å². The molecule has 2 heterocycles. The van der Waals surface area contributed by atoms with Crippen LogP contribution in [0.5, 0.6) is 0 Å². The van der Waals surface area contributed by atoms with Gasteiger partial charge in [-0.05, 0) is 43.3 Å². The number of fused-ring (bicyclic) bond motifs is 2. The van der Waals surface area contributed by atoms with Crippen LogP contribution in [0.2, 0.25) is 5.02 Å². The Kier molecular flexibility index (Phi) is 13.7. The zero-order chi connectivity index (χ0) is 29.5. The summed E-state index contributed by atoms with van der Waals surface area (Å²) in [4.78, 5) is 45.8. The first-order valence-electron chi connectivity index (χ1n) is 12.1. The van der Waals surface area contributed by atoms with Crippen LogP contribution in [0, 0.1) is 0 Å². The Labute approximate surface area is 240 Å². The van der Waals surface area contributed by atoms with Crippen LogP contribution in [0.3, 0.4) is 0 Å². The molecule has 0 spiro atoms. The molecule has 214 valence electrons. The van der Waals surface area contributed by atoms with E-state index in [0.29, 0.717) is 24.3 Å². The molecule has 40 heavy (non-hydrogen) atoms. The summed E-state index contributed by atoms with van der Waals surface area (Å²) >= 11 is 8.11. The Morgan fingerprint density at radius 2 is 1.30 bits per heavy atom. The molecule has 5 N–H and O–H groups in total. The lowest BCUT2D eigenvalue weighted by Crippen LogP contribution is -2.44. The van der Waals surface area contributed by atoms with Gasteiger partial charge >= 0.3 is 23.9 Å². The van der Waals surface area contributed by atoms with Crippen molar-refractivity contribution in [1.29, 1.82) is 0 Å². The Morgan fingerprint density at radius 1 is 0.775 bits per heavy atom. The summed E-state index contributed by atoms with van der Waals surface area (Å²) < 4.78 is 0. The van der Waals surface area contributed by atoms with E-state index in [4.69, 9.17) is 32.0 Å². The third-order valence-electron chi connectivity index (χ3n) is 5.39. The standard InChI is InChI=1S/C19H22ClN3S.2C4H4O4/c20-15-6-7-19-17(14-15)23(16-4-1-2-5-18(16)24-19)11-3-10-22-12-8-21-9-13-22;2*5-3(6)1-2-4(7)8/h1-2,4-7,14,21H,3,8-13H2;2*1-2H,(H,5,6)(H,7,8). The monoisotopic (exact) mass is 591 g/mol. The molecule has 2 aliphatic rings. The molecule has 0 aromatic heterocycles. The van der Waals surface area contributed by atoms with Gasteiger partial charge < -0.3 is 35.5 Å². The maximum absolute atomic E-state index is 9.55. The number of carboxylic acids is 4. The van der Waals surface area contributed by atoms with Gasteiger partial charge in [0, 0.05) is 71.8 Å². The summed E-state index contributed by atoms with van der Waals surface area (Å²) in [5.74, 6) is -5.03. The number of rotatable bonds is 8. The molecule has 4 rings (SSSR count). The average molecular weight is 592 g/mol. The van der Waals surface area contributed by atoms with E-state index in [9.17, 15) is 19.2 Å². The van der Waals surface area contributed by atoms with Gasteiger partial charge in [0.15, 0.2) is 0 Å². The maximum Gasteiger partial charge on any atom is 0.328 e. The van der Waals surface area contributed by atoms with E-state index >= 15 is 0 Å². The lowest BCUT2D eigenvalue weighted by atomic mass is 10.2. The van der Waals surface area contributed by atoms with Gasteiger partial charge in [-0.2, -0.15) is 0 Å². The maximum atomic E-state index is 9.55. The van der Waals surface area contributed by atoms with Gasteiger partial charge in [0.05, 0.1) is 11.4 Å². The van der Waals surface area contributed by atoms with E-state index in [-0.39, 0.29) is 0 Å². The van der Waals surface area contributed by atoms with Gasteiger partial charge in [0.1, 0.15) is 0 Å². The van der Waals surface area contributed by atoms with Gasteiger partial charge in [0.2, 0.25) is 0 Å². The summed E-state index contributed by atoms with van der Waals surface area (Å²) in [5.41, 5.74) is 2.55. The number of halogens is 1. The van der Waals surface area contributed by atoms with Crippen molar-refractivity contribution in [2.75, 3.05) is 44.2 Å². The molecule has 0 atom stereocenters. The van der Waals surface area contributed by atoms with Crippen LogP contribution in [0.15, 0.2) is 76.6 Å². The second kappa shape index (κ2) is 17.0. The molecular weight excluding hydrogens is 562 g/mol. The molecule has 0 saturated carbocycles. The number of para-hydroxylation sites is 1. The van der Waals surface area contributed by atoms with Crippen molar-refractivity contribution in [2.24, 2.45) is 0 Å². The lowest BCUT2D eigenvalue weighted by Gasteiger charge is -2.34. The molecule has 0 radical (unpaired) electrons. The van der Waals surface area contributed by atoms with Crippen molar-refractivity contribution < 1.29 is 39.6 Å². The summed E-state index contributed by atoms with van der Waals surface area (Å²) in [6.07, 6.45) is 3.39. The number of carbonyl (C=O) groups is 4. The summed E-state index contributed by atoms with van der Waals surface area (Å²) in [6.45, 7) is 6.73. The highest BCUT2D eigenvalue weighted by Crippen LogP contribution is 2.48. The van der Waals surface area contributed by atoms with E-state index in [1.807, 2.05) is 17.8 Å². The van der Waals surface area contributed by atoms with Gasteiger partial charge in [0.25, 0.3) is 0 Å². The predicted molar refractivity (Wildman–Crippen MR) is 152 cm³/mol. The van der Waals surface area contributed by atoms with Crippen molar-refractivity contribution >= 4 is 58.6 Å². The van der Waals surface area contributed by atoms with Crippen molar-refractivity contribution in [2.45, 2.75) is 16.2 Å². The topological polar surface area (TPSA) is 168 Å². The predicted octanol–water partition coefficient (Wildman–Crippen LogP) is 3.66. The zero-order valence-electron chi connectivity index (χ0n) is 21.4. The van der Waals surface area contributed by atoms with E-state index in [1.54, 1.807) is 0 Å². The third-order valence-corrected chi connectivity index (χ3v) is 6.76. The fraction of sp³-hybridized carbons (Fsp3) is 0.259. The van der Waals surface area contributed by atoms with Crippen molar-refractivity contribution in [3.05, 3.63) is 71.8 Å². The Morgan fingerprint density at radius 3 is 1.85 bits per heavy atom. The molecule has 13 heteroatoms. The first-order chi connectivity index (χ1) is 19.1. The first-order valence-corrected chi connectivity index (χ1v) is 13.3. The molecular formula is C27H30ClN3O8S. The van der Waals surface area contributed by atoms with E-state index in [1.165, 1.54) is 21.2 Å². The van der Waals surface area contributed by atoms with Crippen molar-refractivity contribution in [3.8, 4) is 0 Å². The Bertz CT molecular complexity index is 1180. The Hall–Kier alpha value is -3.84. The molecule has 0 bridgehead atoms. The summed E-state index contributed by atoms with van der Waals surface area (Å²) in [5, 5.41) is 35.5. The molecule has 1 saturated heterocycles. The van der Waals surface area contributed by atoms with Gasteiger partial charge in [-0.3, -0.25) is 0 Å². The second-order valence-corrected chi connectivity index (χ2v) is 9.82. The fourth-order valence-electron chi connectivity index (χ4n) is 3.72. The van der Waals surface area contributed by atoms with Crippen LogP contribution in [-0.4, -0.2) is 88.5 Å². The lowest BCUT2D eigenvalue weighted by molar-refractivity contribution is -0.134. The van der Waals surface area contributed by atoms with E-state index in [2.05, 4.69) is 51.5 Å². The SMILES string of the molecule is Clc1ccc2c(c1)N(CCCN1CCNCC1)c1ccccc1S2.O=C(O)C=CC(=O)O.O=C(O)C=CC(=O)O. The number of aliphatic carboxylic acids is 4. The van der Waals surface area contributed by atoms with Gasteiger partial charge in [-0.15, -0.1) is 0 Å². The molecule has 2 aromatic carbocycles. The minimum Gasteiger partial charge on any atom is -0.478 e. The summed E-state index contributed by atoms with van der Waals surface area (Å²) in [6, 6.07) is 14.9. The minimum absolute atomic E-state index is 0.558. The quantitative estimate of drug-likeness (QED) is 0.283. The molecule has 2 aromatic rings. The molecule has 0 amide bonds. The average Bonchev–Trinajstić information content (AvgIpc) is 2.92. The molecule has 0 unspecified atom stereocenters. The first kappa shape index (κ1) is 32.4. The number of benzene rings is 2. The number of nitrogens with zero attached hydrogens (tertiary/aromatic N) is 2. The number of piperazine rings is 1. The highest BCUT2D eigenvalue weighted by Gasteiger charge is 2.23. The Balaban J connectivity index is 0.000000290. The van der Waals surface area contributed by atoms with Crippen LogP contribution in [0.1, 0.15) is 6.42 Å². The number of carboxylic acid groups (broad SMARTS) is 4. The fourth-order valence-corrected chi connectivity index (χ4v) is 4.96. The highest BCUT2D eigenvalue weighted by molar-refractivity contribution is 7.99. The second-order valence-electron chi connectivity index (χ2n) is 8.30. The summed E-state index contributed by atoms with van der Waals surface area (Å²) in [7, 11) is 0. The third kappa shape index (κ3) is 11.9. The molecule has 11 nitrogen and oxygen atoms in total. The van der Waals surface area contributed by atoms with Crippen molar-refractivity contribution in [1.82, 2.24) is 10.2 Å². The largest absolute Gasteiger partial charge is 0.478 e. The van der Waals surface area contributed by atoms with Crippen LogP contribution in [-0.2, 0) is 19.2 Å².